The van der Waals surface area contributed by atoms with Crippen LogP contribution in [0.2, 0.25) is 0 Å². The van der Waals surface area contributed by atoms with Crippen molar-refractivity contribution >= 4 is 12.1 Å². The molecule has 6 heteroatoms. The van der Waals surface area contributed by atoms with E-state index >= 15 is 0 Å². The van der Waals surface area contributed by atoms with Gasteiger partial charge in [0.05, 0.1) is 0 Å². The lowest BCUT2D eigenvalue weighted by molar-refractivity contribution is -0.197. The minimum absolute atomic E-state index is 0.169. The van der Waals surface area contributed by atoms with E-state index in [1.165, 1.54) is 0 Å². The van der Waals surface area contributed by atoms with E-state index in [-0.39, 0.29) is 12.5 Å². The van der Waals surface area contributed by atoms with Gasteiger partial charge in [0.1, 0.15) is 12.6 Å². The van der Waals surface area contributed by atoms with Crippen molar-refractivity contribution in [3.63, 3.8) is 0 Å². The van der Waals surface area contributed by atoms with Gasteiger partial charge in [-0.05, 0) is 30.7 Å². The maximum Gasteiger partial charge on any atom is 0.408 e. The van der Waals surface area contributed by atoms with E-state index < -0.39 is 18.1 Å². The molecule has 2 rings (SSSR count). The predicted octanol–water partition coefficient (Wildman–Crippen LogP) is 3.27. The Morgan fingerprint density at radius 1 is 1.12 bits per heavy atom. The van der Waals surface area contributed by atoms with Crippen LogP contribution in [-0.2, 0) is 21.0 Å². The highest BCUT2D eigenvalue weighted by Crippen LogP contribution is 2.12. The molecule has 1 atom stereocenters. The van der Waals surface area contributed by atoms with Crippen LogP contribution < -0.4 is 5.32 Å². The molecule has 1 N–H and O–H groups in total. The summed E-state index contributed by atoms with van der Waals surface area (Å²) in [5.41, 5.74) is 0.897. The first kappa shape index (κ1) is 19.2. The molecule has 1 heterocycles. The Hall–Kier alpha value is -2.08. The van der Waals surface area contributed by atoms with Crippen molar-refractivity contribution in [2.24, 2.45) is 5.92 Å². The first-order chi connectivity index (χ1) is 12.0. The SMILES string of the molecule is CC(C)C[C@H](NC(=O)OCc1ccccc1)C(=O)ON1CCCCC1. The number of nitrogens with zero attached hydrogens (tertiary/aromatic N) is 1. The second-order valence-electron chi connectivity index (χ2n) is 6.79. The molecule has 0 aromatic heterocycles. The van der Waals surface area contributed by atoms with Gasteiger partial charge in [0, 0.05) is 13.1 Å². The van der Waals surface area contributed by atoms with Crippen LogP contribution in [0.25, 0.3) is 0 Å². The monoisotopic (exact) mass is 348 g/mol. The average Bonchev–Trinajstić information content (AvgIpc) is 2.61. The molecular weight excluding hydrogens is 320 g/mol. The van der Waals surface area contributed by atoms with E-state index in [0.717, 1.165) is 37.9 Å². The van der Waals surface area contributed by atoms with E-state index in [1.54, 1.807) is 5.06 Å². The average molecular weight is 348 g/mol. The molecule has 138 valence electrons. The van der Waals surface area contributed by atoms with E-state index in [2.05, 4.69) is 5.32 Å². The zero-order valence-corrected chi connectivity index (χ0v) is 15.1. The molecule has 1 aromatic carbocycles. The largest absolute Gasteiger partial charge is 0.445 e. The molecule has 1 fully saturated rings. The smallest absolute Gasteiger partial charge is 0.408 e. The van der Waals surface area contributed by atoms with Crippen molar-refractivity contribution < 1.29 is 19.2 Å². The minimum Gasteiger partial charge on any atom is -0.445 e. The molecule has 0 unspecified atom stereocenters. The Labute approximate surface area is 149 Å². The number of rotatable bonds is 7. The normalized spacial score (nSPS) is 16.3. The number of carbonyl (C=O) groups is 2. The van der Waals surface area contributed by atoms with Gasteiger partial charge in [-0.25, -0.2) is 9.59 Å². The van der Waals surface area contributed by atoms with Crippen molar-refractivity contribution in [3.05, 3.63) is 35.9 Å². The quantitative estimate of drug-likeness (QED) is 0.819. The van der Waals surface area contributed by atoms with Crippen LogP contribution in [0.4, 0.5) is 4.79 Å². The van der Waals surface area contributed by atoms with Crippen LogP contribution >= 0.6 is 0 Å². The van der Waals surface area contributed by atoms with E-state index in [0.29, 0.717) is 6.42 Å². The number of amides is 1. The maximum absolute atomic E-state index is 12.4. The van der Waals surface area contributed by atoms with Gasteiger partial charge in [-0.1, -0.05) is 50.6 Å². The molecule has 1 aliphatic heterocycles. The lowest BCUT2D eigenvalue weighted by atomic mass is 10.0. The molecule has 6 nitrogen and oxygen atoms in total. The minimum atomic E-state index is -0.704. The molecular formula is C19H28N2O4. The Balaban J connectivity index is 1.84. The number of nitrogens with one attached hydrogen (secondary N) is 1. The van der Waals surface area contributed by atoms with Gasteiger partial charge in [-0.15, -0.1) is 5.06 Å². The summed E-state index contributed by atoms with van der Waals surface area (Å²) in [7, 11) is 0. The molecule has 0 spiro atoms. The van der Waals surface area contributed by atoms with Gasteiger partial charge < -0.3 is 14.9 Å². The number of hydrogen-bond acceptors (Lipinski definition) is 5. The van der Waals surface area contributed by atoms with E-state index in [1.807, 2.05) is 44.2 Å². The topological polar surface area (TPSA) is 67.9 Å². The van der Waals surface area contributed by atoms with E-state index in [9.17, 15) is 9.59 Å². The van der Waals surface area contributed by atoms with Gasteiger partial charge >= 0.3 is 12.1 Å². The number of benzene rings is 1. The number of ether oxygens (including phenoxy) is 1. The number of hydroxylamine groups is 2. The zero-order chi connectivity index (χ0) is 18.1. The Morgan fingerprint density at radius 2 is 1.80 bits per heavy atom. The van der Waals surface area contributed by atoms with Crippen LogP contribution in [-0.4, -0.2) is 36.3 Å². The molecule has 0 radical (unpaired) electrons. The zero-order valence-electron chi connectivity index (χ0n) is 15.1. The molecule has 1 aromatic rings. The van der Waals surface area contributed by atoms with Crippen molar-refractivity contribution in [1.82, 2.24) is 10.4 Å². The van der Waals surface area contributed by atoms with Crippen LogP contribution in [0.5, 0.6) is 0 Å². The fourth-order valence-electron chi connectivity index (χ4n) is 2.74. The van der Waals surface area contributed by atoms with Crippen LogP contribution in [0, 0.1) is 5.92 Å². The third-order valence-corrected chi connectivity index (χ3v) is 4.03. The third kappa shape index (κ3) is 7.13. The standard InChI is InChI=1S/C19H28N2O4/c1-15(2)13-17(18(22)25-21-11-7-4-8-12-21)20-19(23)24-14-16-9-5-3-6-10-16/h3,5-6,9-10,15,17H,4,7-8,11-14H2,1-2H3,(H,20,23)/t17-/m0/s1. The van der Waals surface area contributed by atoms with Gasteiger partial charge in [0.2, 0.25) is 0 Å². The number of hydrogen-bond donors (Lipinski definition) is 1. The first-order valence-electron chi connectivity index (χ1n) is 8.98. The molecule has 0 aliphatic carbocycles. The fourth-order valence-corrected chi connectivity index (χ4v) is 2.74. The van der Waals surface area contributed by atoms with Crippen molar-refractivity contribution in [2.45, 2.75) is 52.2 Å². The van der Waals surface area contributed by atoms with Gasteiger partial charge in [0.15, 0.2) is 0 Å². The van der Waals surface area contributed by atoms with Gasteiger partial charge in [0.25, 0.3) is 0 Å². The van der Waals surface area contributed by atoms with Crippen molar-refractivity contribution in [1.29, 1.82) is 0 Å². The molecule has 1 amide bonds. The third-order valence-electron chi connectivity index (χ3n) is 4.03. The lowest BCUT2D eigenvalue weighted by Crippen LogP contribution is -2.46. The highest BCUT2D eigenvalue weighted by atomic mass is 16.7. The Morgan fingerprint density at radius 3 is 2.44 bits per heavy atom. The molecule has 25 heavy (non-hydrogen) atoms. The summed E-state index contributed by atoms with van der Waals surface area (Å²) in [6.07, 6.45) is 3.11. The number of alkyl carbamates (subject to hydrolysis) is 1. The summed E-state index contributed by atoms with van der Waals surface area (Å²) in [4.78, 5) is 29.9. The summed E-state index contributed by atoms with van der Waals surface area (Å²) in [5.74, 6) is -0.180. The van der Waals surface area contributed by atoms with Crippen LogP contribution in [0.3, 0.4) is 0 Å². The Bertz CT molecular complexity index is 542. The number of piperidine rings is 1. The Kier molecular flexibility index (Phi) is 7.73. The summed E-state index contributed by atoms with van der Waals surface area (Å²) in [5, 5.41) is 4.34. The van der Waals surface area contributed by atoms with Crippen molar-refractivity contribution in [3.8, 4) is 0 Å². The van der Waals surface area contributed by atoms with Crippen molar-refractivity contribution in [2.75, 3.05) is 13.1 Å². The molecule has 1 aliphatic rings. The van der Waals surface area contributed by atoms with Crippen LogP contribution in [0.1, 0.15) is 45.1 Å². The second-order valence-corrected chi connectivity index (χ2v) is 6.79. The predicted molar refractivity (Wildman–Crippen MR) is 94.5 cm³/mol. The summed E-state index contributed by atoms with van der Waals surface area (Å²) in [6, 6.07) is 8.72. The number of carbonyl (C=O) groups excluding carboxylic acids is 2. The van der Waals surface area contributed by atoms with Crippen LogP contribution in [0.15, 0.2) is 30.3 Å². The highest BCUT2D eigenvalue weighted by Gasteiger charge is 2.27. The molecule has 0 saturated carbocycles. The summed E-state index contributed by atoms with van der Waals surface area (Å²) >= 11 is 0. The fraction of sp³-hybridized carbons (Fsp3) is 0.579. The summed E-state index contributed by atoms with van der Waals surface area (Å²) in [6.45, 7) is 5.66. The summed E-state index contributed by atoms with van der Waals surface area (Å²) < 4.78 is 5.21. The van der Waals surface area contributed by atoms with Gasteiger partial charge in [-0.3, -0.25) is 0 Å². The lowest BCUT2D eigenvalue weighted by Gasteiger charge is -2.27. The highest BCUT2D eigenvalue weighted by molar-refractivity contribution is 5.81. The maximum atomic E-state index is 12.4. The van der Waals surface area contributed by atoms with Gasteiger partial charge in [-0.2, -0.15) is 0 Å². The second kappa shape index (κ2) is 10.0. The first-order valence-corrected chi connectivity index (χ1v) is 8.98. The molecule has 0 bridgehead atoms. The van der Waals surface area contributed by atoms with E-state index in [4.69, 9.17) is 9.57 Å². The molecule has 1 saturated heterocycles.